The molecule has 0 saturated carbocycles. The van der Waals surface area contributed by atoms with Crippen LogP contribution in [0.3, 0.4) is 0 Å². The first-order chi connectivity index (χ1) is 24.3. The third-order valence-corrected chi connectivity index (χ3v) is 7.11. The molecule has 3 rings (SSSR count). The van der Waals surface area contributed by atoms with Gasteiger partial charge in [0.25, 0.3) is 0 Å². The van der Waals surface area contributed by atoms with Crippen LogP contribution in [0.2, 0.25) is 0 Å². The van der Waals surface area contributed by atoms with Crippen molar-refractivity contribution in [2.75, 3.05) is 32.8 Å². The first kappa shape index (κ1) is 46.7. The second-order valence-electron chi connectivity index (χ2n) is 11.2. The molecule has 8 N–H and O–H groups in total. The molecular weight excluding hydrogens is 663 g/mol. The Morgan fingerprint density at radius 3 is 2.18 bits per heavy atom. The summed E-state index contributed by atoms with van der Waals surface area (Å²) in [6, 6.07) is 10.1. The van der Waals surface area contributed by atoms with Crippen LogP contribution in [-0.2, 0) is 33.4 Å². The van der Waals surface area contributed by atoms with Crippen LogP contribution >= 0.6 is 0 Å². The number of rotatable bonds is 5. The van der Waals surface area contributed by atoms with E-state index in [2.05, 4.69) is 35.1 Å². The number of nitrogens with two attached hydrogens (primary N) is 2. The number of benzene rings is 2. The number of halogens is 3. The Morgan fingerprint density at radius 2 is 1.55 bits per heavy atom. The summed E-state index contributed by atoms with van der Waals surface area (Å²) in [6.45, 7) is 15.7. The van der Waals surface area contributed by atoms with Crippen molar-refractivity contribution >= 4 is 17.7 Å². The van der Waals surface area contributed by atoms with E-state index in [-0.39, 0.29) is 31.7 Å². The molecule has 11 nitrogen and oxygen atoms in total. The van der Waals surface area contributed by atoms with E-state index >= 15 is 0 Å². The van der Waals surface area contributed by atoms with Gasteiger partial charge in [-0.05, 0) is 56.4 Å². The Morgan fingerprint density at radius 1 is 0.922 bits per heavy atom. The smallest absolute Gasteiger partial charge is 0.416 e. The largest absolute Gasteiger partial charge is 0.492 e. The van der Waals surface area contributed by atoms with Crippen LogP contribution < -0.4 is 37.6 Å². The van der Waals surface area contributed by atoms with Gasteiger partial charge in [0.2, 0.25) is 17.7 Å². The van der Waals surface area contributed by atoms with Gasteiger partial charge in [0.05, 0.1) is 24.7 Å². The van der Waals surface area contributed by atoms with Crippen molar-refractivity contribution in [3.8, 4) is 5.75 Å². The molecule has 2 aromatic carbocycles. The number of aryl methyl sites for hydroxylation is 1. The second kappa shape index (κ2) is 25.6. The maximum atomic E-state index is 13.3. The van der Waals surface area contributed by atoms with Gasteiger partial charge in [-0.3, -0.25) is 14.4 Å². The van der Waals surface area contributed by atoms with E-state index in [1.165, 1.54) is 23.6 Å². The average Bonchev–Trinajstić information content (AvgIpc) is 3.11. The monoisotopic (exact) mass is 723 g/mol. The third kappa shape index (κ3) is 18.0. The number of hydrogen-bond acceptors (Lipinski definition) is 8. The van der Waals surface area contributed by atoms with E-state index < -0.39 is 48.1 Å². The number of allylic oxidation sites excluding steroid dienone is 2. The lowest BCUT2D eigenvalue weighted by Gasteiger charge is -2.27. The zero-order chi connectivity index (χ0) is 39.0. The molecule has 0 radical (unpaired) electrons. The van der Waals surface area contributed by atoms with Crippen molar-refractivity contribution in [2.24, 2.45) is 11.6 Å². The molecule has 0 bridgehead atoms. The molecule has 0 aliphatic carbocycles. The van der Waals surface area contributed by atoms with Gasteiger partial charge in [0, 0.05) is 24.5 Å². The van der Waals surface area contributed by atoms with Gasteiger partial charge in [-0.25, -0.2) is 5.84 Å². The van der Waals surface area contributed by atoms with E-state index in [1.54, 1.807) is 13.8 Å². The zero-order valence-corrected chi connectivity index (χ0v) is 31.5. The van der Waals surface area contributed by atoms with E-state index in [4.69, 9.17) is 16.3 Å². The fourth-order valence-corrected chi connectivity index (χ4v) is 4.52. The maximum absolute atomic E-state index is 13.3. The summed E-state index contributed by atoms with van der Waals surface area (Å²) in [5.74, 6) is 4.99. The molecule has 14 heteroatoms. The summed E-state index contributed by atoms with van der Waals surface area (Å²) < 4.78 is 45.8. The Labute approximate surface area is 302 Å². The molecule has 0 aromatic heterocycles. The number of carbonyl (C=O) groups is 3. The minimum absolute atomic E-state index is 0.0782. The number of para-hydroxylation sites is 1. The molecule has 2 aromatic rings. The van der Waals surface area contributed by atoms with Gasteiger partial charge in [0.1, 0.15) is 18.4 Å². The highest BCUT2D eigenvalue weighted by atomic mass is 19.4. The first-order valence-electron chi connectivity index (χ1n) is 17.7. The molecular formula is C37H60F3N7O4. The van der Waals surface area contributed by atoms with Crippen molar-refractivity contribution < 1.29 is 32.3 Å². The van der Waals surface area contributed by atoms with Gasteiger partial charge in [0.15, 0.2) is 0 Å². The van der Waals surface area contributed by atoms with Gasteiger partial charge in [-0.1, -0.05) is 84.4 Å². The van der Waals surface area contributed by atoms with Gasteiger partial charge < -0.3 is 36.7 Å². The number of ether oxygens (including phenoxy) is 1. The Hall–Kier alpha value is -4.30. The van der Waals surface area contributed by atoms with Gasteiger partial charge in [-0.15, -0.1) is 0 Å². The molecule has 51 heavy (non-hydrogen) atoms. The molecule has 1 aliphatic rings. The molecule has 0 saturated heterocycles. The first-order valence-corrected chi connectivity index (χ1v) is 17.7. The van der Waals surface area contributed by atoms with Crippen molar-refractivity contribution in [1.82, 2.24) is 26.3 Å². The molecule has 1 unspecified atom stereocenters. The topological polar surface area (TPSA) is 164 Å². The number of alkyl halides is 3. The summed E-state index contributed by atoms with van der Waals surface area (Å²) in [6.07, 6.45) is -2.18. The zero-order valence-electron chi connectivity index (χ0n) is 31.5. The number of amides is 3. The minimum Gasteiger partial charge on any atom is -0.492 e. The quantitative estimate of drug-likeness (QED) is 0.189. The Bertz CT molecular complexity index is 1350. The fourth-order valence-electron chi connectivity index (χ4n) is 4.52. The Kier molecular flexibility index (Phi) is 23.5. The molecule has 3 amide bonds. The third-order valence-electron chi connectivity index (χ3n) is 7.11. The van der Waals surface area contributed by atoms with E-state index in [1.807, 2.05) is 52.0 Å². The Balaban J connectivity index is 0.00000333. The number of hydrogen-bond donors (Lipinski definition) is 6. The van der Waals surface area contributed by atoms with Crippen molar-refractivity contribution in [3.05, 3.63) is 76.6 Å². The van der Waals surface area contributed by atoms with Crippen LogP contribution in [0.5, 0.6) is 5.75 Å². The number of hydrazine groups is 1. The maximum Gasteiger partial charge on any atom is 0.416 e. The van der Waals surface area contributed by atoms with Crippen LogP contribution in [0, 0.1) is 0 Å². The second-order valence-corrected chi connectivity index (χ2v) is 11.2. The highest BCUT2D eigenvalue weighted by Gasteiger charge is 2.31. The number of nitrogens with one attached hydrogen (secondary N) is 4. The SMILES string of the molecule is C/C(N)=C(\C)N(N)CC1NC(=O)CNC(=O)[C@@H](Cc2cccc(C(F)(F)F)c2)NCCOc2ccccc2CCCNC1=O.CC.CC.CCC. The summed E-state index contributed by atoms with van der Waals surface area (Å²) in [4.78, 5) is 39.1. The lowest BCUT2D eigenvalue weighted by atomic mass is 10.0. The molecule has 288 valence electrons. The molecule has 1 heterocycles. The molecule has 0 spiro atoms. The van der Waals surface area contributed by atoms with E-state index in [0.717, 1.165) is 17.7 Å². The minimum atomic E-state index is -4.54. The van der Waals surface area contributed by atoms with Gasteiger partial charge >= 0.3 is 6.18 Å². The normalized spacial score (nSPS) is 17.8. The van der Waals surface area contributed by atoms with Crippen LogP contribution in [0.1, 0.15) is 84.9 Å². The van der Waals surface area contributed by atoms with Crippen molar-refractivity contribution in [1.29, 1.82) is 0 Å². The highest BCUT2D eigenvalue weighted by Crippen LogP contribution is 2.29. The predicted octanol–water partition coefficient (Wildman–Crippen LogP) is 4.80. The summed E-state index contributed by atoms with van der Waals surface area (Å²) in [7, 11) is 0. The number of nitrogens with zero attached hydrogens (tertiary/aromatic N) is 1. The molecule has 0 fully saturated rings. The van der Waals surface area contributed by atoms with E-state index in [0.29, 0.717) is 36.5 Å². The van der Waals surface area contributed by atoms with E-state index in [9.17, 15) is 27.6 Å². The van der Waals surface area contributed by atoms with Crippen molar-refractivity contribution in [3.63, 3.8) is 0 Å². The summed E-state index contributed by atoms with van der Waals surface area (Å²) in [5.41, 5.74) is 7.15. The fraction of sp³-hybridized carbons (Fsp3) is 0.541. The van der Waals surface area contributed by atoms with Crippen LogP contribution in [0.25, 0.3) is 0 Å². The molecule has 2 atom stereocenters. The van der Waals surface area contributed by atoms with Gasteiger partial charge in [-0.2, -0.15) is 13.2 Å². The van der Waals surface area contributed by atoms with Crippen LogP contribution in [0.4, 0.5) is 13.2 Å². The van der Waals surface area contributed by atoms with Crippen molar-refractivity contribution in [2.45, 2.75) is 99.3 Å². The average molecular weight is 724 g/mol. The lowest BCUT2D eigenvalue weighted by Crippen LogP contribution is -2.56. The molecule has 1 aliphatic heterocycles. The predicted molar refractivity (Wildman–Crippen MR) is 197 cm³/mol. The van der Waals surface area contributed by atoms with Crippen LogP contribution in [0.15, 0.2) is 59.9 Å². The summed E-state index contributed by atoms with van der Waals surface area (Å²) >= 11 is 0. The standard InChI is InChI=1S/C30H40F3N7O4.C3H8.2C2H6/c1-19(34)20(2)40(35)18-25-29(43)37-12-6-9-22-8-3-4-11-26(22)44-14-13-36-24(28(42)38-17-27(41)39-25)16-21-7-5-10-23(15-21)30(31,32)33;1-3-2;2*1-2/h3-5,7-8,10-11,15,24-25,36H,6,9,12-14,16-18,34-35H2,1-2H3,(H,37,43)(H,38,42)(H,39,41);3H2,1-2H3;2*1-2H3/b20-19-;;;/t24-,25?;;;/m1.../s1. The summed E-state index contributed by atoms with van der Waals surface area (Å²) in [5, 5.41) is 12.2. The number of carbonyl (C=O) groups excluding carboxylic acids is 3. The lowest BCUT2D eigenvalue weighted by molar-refractivity contribution is -0.137. The van der Waals surface area contributed by atoms with Crippen LogP contribution in [-0.4, -0.2) is 67.6 Å². The highest BCUT2D eigenvalue weighted by molar-refractivity contribution is 5.91. The number of fused-ring (bicyclic) bond motifs is 1.